The van der Waals surface area contributed by atoms with Crippen LogP contribution in [0.5, 0.6) is 0 Å². The molecule has 1 aromatic heterocycles. The van der Waals surface area contributed by atoms with E-state index in [-0.39, 0.29) is 12.3 Å². The summed E-state index contributed by atoms with van der Waals surface area (Å²) in [6.07, 6.45) is 0. The van der Waals surface area contributed by atoms with Gasteiger partial charge < -0.3 is 4.74 Å². The molecule has 0 atom stereocenters. The van der Waals surface area contributed by atoms with Crippen molar-refractivity contribution in [1.29, 1.82) is 5.26 Å². The first-order valence-corrected chi connectivity index (χ1v) is 8.46. The van der Waals surface area contributed by atoms with Gasteiger partial charge in [-0.3, -0.25) is 0 Å². The first-order valence-electron chi connectivity index (χ1n) is 8.08. The normalized spacial score (nSPS) is 10.4. The first-order chi connectivity index (χ1) is 12.5. The van der Waals surface area contributed by atoms with E-state index in [2.05, 4.69) is 11.2 Å². The number of nitriles is 1. The van der Waals surface area contributed by atoms with Gasteiger partial charge in [0.15, 0.2) is 5.69 Å². The van der Waals surface area contributed by atoms with Gasteiger partial charge >= 0.3 is 5.97 Å². The van der Waals surface area contributed by atoms with Crippen molar-refractivity contribution >= 4 is 17.6 Å². The van der Waals surface area contributed by atoms with E-state index in [1.54, 1.807) is 41.9 Å². The van der Waals surface area contributed by atoms with E-state index < -0.39 is 5.97 Å². The minimum absolute atomic E-state index is 0.249. The Morgan fingerprint density at radius 1 is 1.27 bits per heavy atom. The van der Waals surface area contributed by atoms with Gasteiger partial charge in [0.2, 0.25) is 0 Å². The fourth-order valence-electron chi connectivity index (χ4n) is 2.73. The standard InChI is InChI=1S/C20H16ClN3O2/c1-3-26-20(25)18-13(2)19(15-6-4-5-14(11-15)12-22)24(23-18)17-9-7-16(21)8-10-17/h4-11H,3H2,1-2H3. The van der Waals surface area contributed by atoms with Crippen molar-refractivity contribution in [1.82, 2.24) is 9.78 Å². The number of nitrogens with zero attached hydrogens (tertiary/aromatic N) is 3. The zero-order valence-corrected chi connectivity index (χ0v) is 15.1. The Morgan fingerprint density at radius 2 is 2.00 bits per heavy atom. The van der Waals surface area contributed by atoms with Crippen molar-refractivity contribution in [3.63, 3.8) is 0 Å². The number of hydrogen-bond acceptors (Lipinski definition) is 4. The molecule has 0 aliphatic carbocycles. The summed E-state index contributed by atoms with van der Waals surface area (Å²) in [7, 11) is 0. The van der Waals surface area contributed by atoms with Crippen LogP contribution in [0.2, 0.25) is 5.02 Å². The smallest absolute Gasteiger partial charge is 0.359 e. The average molecular weight is 366 g/mol. The van der Waals surface area contributed by atoms with Gasteiger partial charge in [-0.15, -0.1) is 0 Å². The number of carbonyl (C=O) groups excluding carboxylic acids is 1. The maximum Gasteiger partial charge on any atom is 0.359 e. The van der Waals surface area contributed by atoms with Gasteiger partial charge in [-0.2, -0.15) is 10.4 Å². The molecule has 0 radical (unpaired) electrons. The number of hydrogen-bond donors (Lipinski definition) is 0. The SMILES string of the molecule is CCOC(=O)c1nn(-c2ccc(Cl)cc2)c(-c2cccc(C#N)c2)c1C. The summed E-state index contributed by atoms with van der Waals surface area (Å²) in [4.78, 5) is 12.3. The Hall–Kier alpha value is -3.10. The maximum absolute atomic E-state index is 12.3. The molecular formula is C20H16ClN3O2. The van der Waals surface area contributed by atoms with Crippen LogP contribution in [0.15, 0.2) is 48.5 Å². The molecule has 6 heteroatoms. The molecule has 0 aliphatic heterocycles. The molecule has 0 spiro atoms. The number of benzene rings is 2. The second-order valence-electron chi connectivity index (χ2n) is 5.62. The number of ether oxygens (including phenoxy) is 1. The zero-order valence-electron chi connectivity index (χ0n) is 14.4. The lowest BCUT2D eigenvalue weighted by Crippen LogP contribution is -2.07. The Kier molecular flexibility index (Phi) is 5.06. The molecule has 0 aliphatic rings. The second kappa shape index (κ2) is 7.42. The predicted molar refractivity (Wildman–Crippen MR) is 99.4 cm³/mol. The Balaban J connectivity index is 2.24. The van der Waals surface area contributed by atoms with E-state index in [9.17, 15) is 10.1 Å². The molecule has 5 nitrogen and oxygen atoms in total. The zero-order chi connectivity index (χ0) is 18.7. The third kappa shape index (κ3) is 3.32. The fraction of sp³-hybridized carbons (Fsp3) is 0.150. The number of rotatable bonds is 4. The van der Waals surface area contributed by atoms with Crippen LogP contribution in [-0.4, -0.2) is 22.4 Å². The summed E-state index contributed by atoms with van der Waals surface area (Å²) in [5.41, 5.74) is 3.74. The quantitative estimate of drug-likeness (QED) is 0.636. The van der Waals surface area contributed by atoms with Crippen LogP contribution in [-0.2, 0) is 4.74 Å². The van der Waals surface area contributed by atoms with Crippen molar-refractivity contribution in [2.75, 3.05) is 6.61 Å². The summed E-state index contributed by atoms with van der Waals surface area (Å²) in [5.74, 6) is -0.476. The molecule has 26 heavy (non-hydrogen) atoms. The molecule has 0 fully saturated rings. The van der Waals surface area contributed by atoms with E-state index in [1.807, 2.05) is 25.1 Å². The Labute approximate surface area is 156 Å². The molecule has 0 unspecified atom stereocenters. The number of aromatic nitrogens is 2. The van der Waals surface area contributed by atoms with Crippen LogP contribution in [0.25, 0.3) is 16.9 Å². The summed E-state index contributed by atoms with van der Waals surface area (Å²) in [6.45, 7) is 3.84. The maximum atomic E-state index is 12.3. The largest absolute Gasteiger partial charge is 0.461 e. The summed E-state index contributed by atoms with van der Waals surface area (Å²) in [6, 6.07) is 16.5. The lowest BCUT2D eigenvalue weighted by Gasteiger charge is -2.09. The molecule has 0 N–H and O–H groups in total. The molecule has 130 valence electrons. The third-order valence-electron chi connectivity index (χ3n) is 3.93. The first kappa shape index (κ1) is 17.7. The van der Waals surface area contributed by atoms with E-state index in [1.165, 1.54) is 0 Å². The molecule has 3 rings (SSSR count). The topological polar surface area (TPSA) is 67.9 Å². The van der Waals surface area contributed by atoms with Gasteiger partial charge in [-0.1, -0.05) is 23.7 Å². The van der Waals surface area contributed by atoms with E-state index in [4.69, 9.17) is 16.3 Å². The van der Waals surface area contributed by atoms with Gasteiger partial charge in [-0.05, 0) is 50.2 Å². The molecule has 0 saturated carbocycles. The molecule has 3 aromatic rings. The summed E-state index contributed by atoms with van der Waals surface area (Å²) in [5, 5.41) is 14.3. The van der Waals surface area contributed by atoms with Gasteiger partial charge in [0.1, 0.15) is 0 Å². The van der Waals surface area contributed by atoms with Crippen LogP contribution >= 0.6 is 11.6 Å². The Morgan fingerprint density at radius 3 is 2.65 bits per heavy atom. The van der Waals surface area contributed by atoms with E-state index in [0.717, 1.165) is 16.9 Å². The molecule has 0 amide bonds. The molecule has 2 aromatic carbocycles. The number of halogens is 1. The predicted octanol–water partition coefficient (Wildman–Crippen LogP) is 4.55. The van der Waals surface area contributed by atoms with Crippen LogP contribution < -0.4 is 0 Å². The fourth-order valence-corrected chi connectivity index (χ4v) is 2.86. The van der Waals surface area contributed by atoms with E-state index in [0.29, 0.717) is 16.1 Å². The highest BCUT2D eigenvalue weighted by atomic mass is 35.5. The van der Waals surface area contributed by atoms with Gasteiger partial charge in [0.25, 0.3) is 0 Å². The van der Waals surface area contributed by atoms with Gasteiger partial charge in [0, 0.05) is 16.1 Å². The molecule has 1 heterocycles. The van der Waals surface area contributed by atoms with Crippen LogP contribution in [0.4, 0.5) is 0 Å². The van der Waals surface area contributed by atoms with Crippen LogP contribution in [0.1, 0.15) is 28.5 Å². The monoisotopic (exact) mass is 365 g/mol. The second-order valence-corrected chi connectivity index (χ2v) is 6.06. The third-order valence-corrected chi connectivity index (χ3v) is 4.18. The molecular weight excluding hydrogens is 350 g/mol. The van der Waals surface area contributed by atoms with Crippen molar-refractivity contribution < 1.29 is 9.53 Å². The summed E-state index contributed by atoms with van der Waals surface area (Å²) >= 11 is 5.98. The van der Waals surface area contributed by atoms with Gasteiger partial charge in [-0.25, -0.2) is 9.48 Å². The summed E-state index contributed by atoms with van der Waals surface area (Å²) < 4.78 is 6.80. The van der Waals surface area contributed by atoms with Crippen molar-refractivity contribution in [3.8, 4) is 23.0 Å². The number of carbonyl (C=O) groups is 1. The van der Waals surface area contributed by atoms with Crippen LogP contribution in [0.3, 0.4) is 0 Å². The highest BCUT2D eigenvalue weighted by Gasteiger charge is 2.23. The van der Waals surface area contributed by atoms with Crippen molar-refractivity contribution in [2.45, 2.75) is 13.8 Å². The van der Waals surface area contributed by atoms with E-state index >= 15 is 0 Å². The van der Waals surface area contributed by atoms with Gasteiger partial charge in [0.05, 0.1) is 29.6 Å². The highest BCUT2D eigenvalue weighted by molar-refractivity contribution is 6.30. The highest BCUT2D eigenvalue weighted by Crippen LogP contribution is 2.30. The Bertz CT molecular complexity index is 1000. The molecule has 0 bridgehead atoms. The van der Waals surface area contributed by atoms with Crippen LogP contribution in [0, 0.1) is 18.3 Å². The van der Waals surface area contributed by atoms with Crippen molar-refractivity contribution in [3.05, 3.63) is 70.4 Å². The minimum Gasteiger partial charge on any atom is -0.461 e. The van der Waals surface area contributed by atoms with Crippen molar-refractivity contribution in [2.24, 2.45) is 0 Å². The minimum atomic E-state index is -0.476. The lowest BCUT2D eigenvalue weighted by atomic mass is 10.0. The number of esters is 1. The lowest BCUT2D eigenvalue weighted by molar-refractivity contribution is 0.0518. The molecule has 0 saturated heterocycles. The average Bonchev–Trinajstić information content (AvgIpc) is 3.00.